The highest BCUT2D eigenvalue weighted by Crippen LogP contribution is 2.20. The zero-order valence-corrected chi connectivity index (χ0v) is 9.91. The number of ether oxygens (including phenoxy) is 1. The minimum Gasteiger partial charge on any atom is -0.496 e. The summed E-state index contributed by atoms with van der Waals surface area (Å²) in [7, 11) is 1.62. The first kappa shape index (κ1) is 12.3. The van der Waals surface area contributed by atoms with Crippen LogP contribution in [0.2, 0.25) is 0 Å². The van der Waals surface area contributed by atoms with Crippen molar-refractivity contribution in [2.45, 2.75) is 13.8 Å². The minimum absolute atomic E-state index is 0.0916. The molecule has 0 saturated heterocycles. The quantitative estimate of drug-likeness (QED) is 0.788. The first-order valence-corrected chi connectivity index (χ1v) is 5.28. The molecule has 0 aliphatic rings. The lowest BCUT2D eigenvalue weighted by molar-refractivity contribution is -0.116. The maximum atomic E-state index is 11.3. The van der Waals surface area contributed by atoms with Gasteiger partial charge in [0.2, 0.25) is 5.91 Å². The predicted octanol–water partition coefficient (Wildman–Crippen LogP) is 2.15. The Labute approximate surface area is 96.1 Å². The van der Waals surface area contributed by atoms with E-state index >= 15 is 0 Å². The van der Waals surface area contributed by atoms with E-state index in [1.807, 2.05) is 32.0 Å². The number of rotatable bonds is 4. The monoisotopic (exact) mass is 219 g/mol. The average molecular weight is 219 g/mol. The van der Waals surface area contributed by atoms with Crippen LogP contribution in [0.25, 0.3) is 6.08 Å². The minimum atomic E-state index is -0.0916. The van der Waals surface area contributed by atoms with Gasteiger partial charge in [0.15, 0.2) is 0 Å². The molecular formula is C13H17NO2. The Hall–Kier alpha value is -1.77. The van der Waals surface area contributed by atoms with E-state index < -0.39 is 0 Å². The Morgan fingerprint density at radius 2 is 2.25 bits per heavy atom. The van der Waals surface area contributed by atoms with Crippen LogP contribution in [0.3, 0.4) is 0 Å². The van der Waals surface area contributed by atoms with Crippen LogP contribution in [0.5, 0.6) is 5.75 Å². The zero-order chi connectivity index (χ0) is 12.0. The molecule has 0 spiro atoms. The molecule has 0 radical (unpaired) electrons. The number of aryl methyl sites for hydroxylation is 1. The molecule has 1 N–H and O–H groups in total. The van der Waals surface area contributed by atoms with Crippen molar-refractivity contribution in [3.05, 3.63) is 35.4 Å². The van der Waals surface area contributed by atoms with Gasteiger partial charge in [-0.3, -0.25) is 4.79 Å². The van der Waals surface area contributed by atoms with Gasteiger partial charge < -0.3 is 10.1 Å². The van der Waals surface area contributed by atoms with Crippen LogP contribution >= 0.6 is 0 Å². The third-order valence-electron chi connectivity index (χ3n) is 2.15. The largest absolute Gasteiger partial charge is 0.496 e. The summed E-state index contributed by atoms with van der Waals surface area (Å²) in [6.07, 6.45) is 3.28. The molecule has 1 aromatic carbocycles. The number of amides is 1. The normalized spacial score (nSPS) is 10.4. The summed E-state index contributed by atoms with van der Waals surface area (Å²) in [6, 6.07) is 5.85. The van der Waals surface area contributed by atoms with Gasteiger partial charge in [-0.1, -0.05) is 11.6 Å². The smallest absolute Gasteiger partial charge is 0.243 e. The SMILES string of the molecule is CCNC(=O)/C=C/c1cc(C)ccc1OC. The van der Waals surface area contributed by atoms with Crippen molar-refractivity contribution in [2.75, 3.05) is 13.7 Å². The highest BCUT2D eigenvalue weighted by atomic mass is 16.5. The molecule has 3 heteroatoms. The van der Waals surface area contributed by atoms with Gasteiger partial charge in [-0.25, -0.2) is 0 Å². The van der Waals surface area contributed by atoms with Gasteiger partial charge in [-0.15, -0.1) is 0 Å². The summed E-state index contributed by atoms with van der Waals surface area (Å²) < 4.78 is 5.21. The molecule has 0 heterocycles. The van der Waals surface area contributed by atoms with Crippen LogP contribution < -0.4 is 10.1 Å². The van der Waals surface area contributed by atoms with Crippen LogP contribution in [-0.2, 0) is 4.79 Å². The Morgan fingerprint density at radius 3 is 2.88 bits per heavy atom. The van der Waals surface area contributed by atoms with Gasteiger partial charge >= 0.3 is 0 Å². The lowest BCUT2D eigenvalue weighted by Crippen LogP contribution is -2.19. The summed E-state index contributed by atoms with van der Waals surface area (Å²) in [5.74, 6) is 0.678. The molecule has 16 heavy (non-hydrogen) atoms. The van der Waals surface area contributed by atoms with Crippen LogP contribution in [0.15, 0.2) is 24.3 Å². The summed E-state index contributed by atoms with van der Waals surface area (Å²) in [5, 5.41) is 2.70. The second-order valence-corrected chi connectivity index (χ2v) is 3.47. The molecule has 1 aromatic rings. The fourth-order valence-electron chi connectivity index (χ4n) is 1.38. The number of nitrogens with one attached hydrogen (secondary N) is 1. The van der Waals surface area contributed by atoms with E-state index in [0.29, 0.717) is 6.54 Å². The molecule has 1 rings (SSSR count). The van der Waals surface area contributed by atoms with Crippen molar-refractivity contribution >= 4 is 12.0 Å². The zero-order valence-electron chi connectivity index (χ0n) is 9.91. The fraction of sp³-hybridized carbons (Fsp3) is 0.308. The van der Waals surface area contributed by atoms with Gasteiger partial charge in [0, 0.05) is 18.2 Å². The Balaban J connectivity index is 2.86. The molecule has 0 fully saturated rings. The van der Waals surface area contributed by atoms with E-state index in [4.69, 9.17) is 4.74 Å². The molecule has 3 nitrogen and oxygen atoms in total. The van der Waals surface area contributed by atoms with Crippen molar-refractivity contribution in [3.8, 4) is 5.75 Å². The van der Waals surface area contributed by atoms with Crippen LogP contribution in [0, 0.1) is 6.92 Å². The number of likely N-dealkylation sites (N-methyl/N-ethyl adjacent to an activating group) is 1. The average Bonchev–Trinajstić information content (AvgIpc) is 2.27. The van der Waals surface area contributed by atoms with Crippen molar-refractivity contribution in [1.82, 2.24) is 5.32 Å². The number of methoxy groups -OCH3 is 1. The molecule has 0 saturated carbocycles. The number of carbonyl (C=O) groups excluding carboxylic acids is 1. The van der Waals surface area contributed by atoms with Crippen molar-refractivity contribution in [1.29, 1.82) is 0 Å². The van der Waals surface area contributed by atoms with Gasteiger partial charge in [0.25, 0.3) is 0 Å². The highest BCUT2D eigenvalue weighted by molar-refractivity contribution is 5.92. The Kier molecular flexibility index (Phi) is 4.58. The van der Waals surface area contributed by atoms with E-state index in [1.54, 1.807) is 13.2 Å². The lowest BCUT2D eigenvalue weighted by Gasteiger charge is -2.05. The standard InChI is InChI=1S/C13H17NO2/c1-4-14-13(15)8-6-11-9-10(2)5-7-12(11)16-3/h5-9H,4H2,1-3H3,(H,14,15)/b8-6+. The van der Waals surface area contributed by atoms with Crippen molar-refractivity contribution in [3.63, 3.8) is 0 Å². The van der Waals surface area contributed by atoms with Gasteiger partial charge in [-0.05, 0) is 32.1 Å². The molecule has 0 bridgehead atoms. The molecule has 0 aliphatic heterocycles. The maximum absolute atomic E-state index is 11.3. The summed E-state index contributed by atoms with van der Waals surface area (Å²) in [6.45, 7) is 4.52. The van der Waals surface area contributed by atoms with Crippen molar-refractivity contribution in [2.24, 2.45) is 0 Å². The van der Waals surface area contributed by atoms with Gasteiger partial charge in [0.1, 0.15) is 5.75 Å². The van der Waals surface area contributed by atoms with Crippen LogP contribution in [0.4, 0.5) is 0 Å². The summed E-state index contributed by atoms with van der Waals surface area (Å²) in [5.41, 5.74) is 2.05. The molecule has 0 aromatic heterocycles. The summed E-state index contributed by atoms with van der Waals surface area (Å²) in [4.78, 5) is 11.3. The number of carbonyl (C=O) groups is 1. The summed E-state index contributed by atoms with van der Waals surface area (Å²) >= 11 is 0. The number of benzene rings is 1. The number of hydrogen-bond acceptors (Lipinski definition) is 2. The lowest BCUT2D eigenvalue weighted by atomic mass is 10.1. The maximum Gasteiger partial charge on any atom is 0.243 e. The Morgan fingerprint density at radius 1 is 1.50 bits per heavy atom. The molecule has 0 atom stereocenters. The fourth-order valence-corrected chi connectivity index (χ4v) is 1.38. The third-order valence-corrected chi connectivity index (χ3v) is 2.15. The first-order valence-electron chi connectivity index (χ1n) is 5.28. The topological polar surface area (TPSA) is 38.3 Å². The van der Waals surface area contributed by atoms with Crippen LogP contribution in [0.1, 0.15) is 18.1 Å². The van der Waals surface area contributed by atoms with E-state index in [1.165, 1.54) is 6.08 Å². The molecule has 0 aliphatic carbocycles. The molecule has 0 unspecified atom stereocenters. The highest BCUT2D eigenvalue weighted by Gasteiger charge is 2.00. The van der Waals surface area contributed by atoms with Gasteiger partial charge in [-0.2, -0.15) is 0 Å². The molecule has 1 amide bonds. The second-order valence-electron chi connectivity index (χ2n) is 3.47. The third kappa shape index (κ3) is 3.42. The first-order chi connectivity index (χ1) is 7.67. The van der Waals surface area contributed by atoms with Crippen LogP contribution in [-0.4, -0.2) is 19.6 Å². The predicted molar refractivity (Wildman–Crippen MR) is 65.4 cm³/mol. The van der Waals surface area contributed by atoms with Gasteiger partial charge in [0.05, 0.1) is 7.11 Å². The van der Waals surface area contributed by atoms with E-state index in [9.17, 15) is 4.79 Å². The van der Waals surface area contributed by atoms with E-state index in [0.717, 1.165) is 16.9 Å². The van der Waals surface area contributed by atoms with E-state index in [2.05, 4.69) is 5.32 Å². The van der Waals surface area contributed by atoms with Crippen molar-refractivity contribution < 1.29 is 9.53 Å². The molecule has 86 valence electrons. The Bertz CT molecular complexity index is 397. The number of hydrogen-bond donors (Lipinski definition) is 1. The second kappa shape index (κ2) is 5.95. The molecular weight excluding hydrogens is 202 g/mol. The van der Waals surface area contributed by atoms with E-state index in [-0.39, 0.29) is 5.91 Å².